The lowest BCUT2D eigenvalue weighted by atomic mass is 10.1. The number of benzene rings is 2. The summed E-state index contributed by atoms with van der Waals surface area (Å²) in [6, 6.07) is 8.90. The van der Waals surface area contributed by atoms with Gasteiger partial charge in [0.15, 0.2) is 5.75 Å². The number of hydrogen-bond donors (Lipinski definition) is 1. The maximum absolute atomic E-state index is 12.4. The number of halogens is 2. The van der Waals surface area contributed by atoms with Crippen molar-refractivity contribution in [3.05, 3.63) is 57.1 Å². The number of hydrogen-bond acceptors (Lipinski definition) is 2. The number of rotatable bonds is 3. The van der Waals surface area contributed by atoms with Crippen LogP contribution in [0.25, 0.3) is 0 Å². The normalized spacial score (nSPS) is 10.3. The summed E-state index contributed by atoms with van der Waals surface area (Å²) in [6.07, 6.45) is 0. The largest absolute Gasteiger partial charge is 0.494 e. The van der Waals surface area contributed by atoms with E-state index in [9.17, 15) is 4.79 Å². The van der Waals surface area contributed by atoms with Crippen LogP contribution in [-0.2, 0) is 0 Å². The minimum absolute atomic E-state index is 0.265. The summed E-state index contributed by atoms with van der Waals surface area (Å²) in [6.45, 7) is 3.88. The minimum Gasteiger partial charge on any atom is -0.494 e. The molecule has 0 fully saturated rings. The number of carbonyl (C=O) groups is 1. The number of methoxy groups -OCH3 is 1. The summed E-state index contributed by atoms with van der Waals surface area (Å²) in [5.41, 5.74) is 3.17. The topological polar surface area (TPSA) is 38.3 Å². The molecule has 0 aliphatic rings. The van der Waals surface area contributed by atoms with Gasteiger partial charge in [0.1, 0.15) is 0 Å². The summed E-state index contributed by atoms with van der Waals surface area (Å²) in [5, 5.41) is 3.49. The fourth-order valence-corrected chi connectivity index (χ4v) is 2.72. The molecular formula is C16H15Cl2NO2. The van der Waals surface area contributed by atoms with Crippen molar-refractivity contribution in [3.8, 4) is 5.75 Å². The highest BCUT2D eigenvalue weighted by Crippen LogP contribution is 2.34. The number of aryl methyl sites for hydroxylation is 2. The van der Waals surface area contributed by atoms with Crippen LogP contribution >= 0.6 is 23.2 Å². The molecule has 0 unspecified atom stereocenters. The van der Waals surface area contributed by atoms with Crippen molar-refractivity contribution in [2.75, 3.05) is 12.4 Å². The van der Waals surface area contributed by atoms with E-state index in [1.54, 1.807) is 0 Å². The van der Waals surface area contributed by atoms with Gasteiger partial charge in [-0.25, -0.2) is 0 Å². The van der Waals surface area contributed by atoms with E-state index in [-0.39, 0.29) is 5.91 Å². The number of anilines is 1. The van der Waals surface area contributed by atoms with E-state index in [1.807, 2.05) is 32.0 Å². The summed E-state index contributed by atoms with van der Waals surface area (Å²) < 4.78 is 5.07. The molecule has 1 amide bonds. The molecule has 0 aliphatic heterocycles. The van der Waals surface area contributed by atoms with Gasteiger partial charge in [-0.3, -0.25) is 4.79 Å². The van der Waals surface area contributed by atoms with Crippen LogP contribution in [0.3, 0.4) is 0 Å². The summed E-state index contributed by atoms with van der Waals surface area (Å²) >= 11 is 12.1. The van der Waals surface area contributed by atoms with Gasteiger partial charge >= 0.3 is 0 Å². The third kappa shape index (κ3) is 3.31. The van der Waals surface area contributed by atoms with Crippen LogP contribution in [0, 0.1) is 13.8 Å². The van der Waals surface area contributed by atoms with E-state index < -0.39 is 0 Å². The highest BCUT2D eigenvalue weighted by Gasteiger charge is 2.15. The highest BCUT2D eigenvalue weighted by molar-refractivity contribution is 6.37. The monoisotopic (exact) mass is 323 g/mol. The van der Waals surface area contributed by atoms with E-state index in [0.717, 1.165) is 16.8 Å². The van der Waals surface area contributed by atoms with Crippen LogP contribution in [0.5, 0.6) is 5.75 Å². The van der Waals surface area contributed by atoms with Crippen molar-refractivity contribution in [2.45, 2.75) is 13.8 Å². The Balaban J connectivity index is 2.33. The molecule has 0 radical (unpaired) electrons. The predicted molar refractivity (Wildman–Crippen MR) is 86.9 cm³/mol. The van der Waals surface area contributed by atoms with Gasteiger partial charge in [0.2, 0.25) is 0 Å². The Kier molecular flexibility index (Phi) is 4.76. The molecule has 0 heterocycles. The van der Waals surface area contributed by atoms with Crippen LogP contribution < -0.4 is 10.1 Å². The van der Waals surface area contributed by atoms with E-state index in [4.69, 9.17) is 27.9 Å². The Bertz CT molecular complexity index is 655. The van der Waals surface area contributed by atoms with Gasteiger partial charge in [-0.1, -0.05) is 41.4 Å². The van der Waals surface area contributed by atoms with Gasteiger partial charge in [-0.15, -0.1) is 0 Å². The molecule has 2 aromatic rings. The second kappa shape index (κ2) is 6.37. The first-order chi connectivity index (χ1) is 9.93. The van der Waals surface area contributed by atoms with E-state index in [0.29, 0.717) is 21.4 Å². The zero-order chi connectivity index (χ0) is 15.6. The van der Waals surface area contributed by atoms with Crippen molar-refractivity contribution in [1.82, 2.24) is 0 Å². The Morgan fingerprint density at radius 2 is 1.62 bits per heavy atom. The molecule has 0 saturated heterocycles. The lowest BCUT2D eigenvalue weighted by Gasteiger charge is -2.13. The van der Waals surface area contributed by atoms with Gasteiger partial charge in [0.25, 0.3) is 5.91 Å². The lowest BCUT2D eigenvalue weighted by molar-refractivity contribution is 0.102. The molecule has 2 aromatic carbocycles. The standard InChI is InChI=1S/C16H15Cl2NO2/c1-9-5-4-6-10(2)14(9)19-16(20)11-7-12(17)15(21-3)13(18)8-11/h4-8H,1-3H3,(H,19,20). The molecule has 21 heavy (non-hydrogen) atoms. The molecule has 2 rings (SSSR count). The Labute approximate surface area is 133 Å². The van der Waals surface area contributed by atoms with Crippen LogP contribution in [-0.4, -0.2) is 13.0 Å². The van der Waals surface area contributed by atoms with Crippen molar-refractivity contribution in [2.24, 2.45) is 0 Å². The number of ether oxygens (including phenoxy) is 1. The average molecular weight is 324 g/mol. The summed E-state index contributed by atoms with van der Waals surface area (Å²) in [5.74, 6) is 0.0980. The first-order valence-corrected chi connectivity index (χ1v) is 7.10. The molecule has 0 aromatic heterocycles. The number of para-hydroxylation sites is 1. The van der Waals surface area contributed by atoms with E-state index in [1.165, 1.54) is 19.2 Å². The maximum atomic E-state index is 12.4. The zero-order valence-corrected chi connectivity index (χ0v) is 13.5. The van der Waals surface area contributed by atoms with Crippen molar-refractivity contribution < 1.29 is 9.53 Å². The van der Waals surface area contributed by atoms with E-state index >= 15 is 0 Å². The molecule has 0 saturated carbocycles. The van der Waals surface area contributed by atoms with Crippen molar-refractivity contribution >= 4 is 34.8 Å². The smallest absolute Gasteiger partial charge is 0.255 e. The predicted octanol–water partition coefficient (Wildman–Crippen LogP) is 4.87. The van der Waals surface area contributed by atoms with Crippen molar-refractivity contribution in [3.63, 3.8) is 0 Å². The number of amides is 1. The second-order valence-electron chi connectivity index (χ2n) is 4.69. The lowest BCUT2D eigenvalue weighted by Crippen LogP contribution is -2.14. The summed E-state index contributed by atoms with van der Waals surface area (Å²) in [7, 11) is 1.48. The SMILES string of the molecule is COc1c(Cl)cc(C(=O)Nc2c(C)cccc2C)cc1Cl. The highest BCUT2D eigenvalue weighted by atomic mass is 35.5. The van der Waals surface area contributed by atoms with Gasteiger partial charge in [0.05, 0.1) is 17.2 Å². The van der Waals surface area contributed by atoms with Gasteiger partial charge in [-0.05, 0) is 37.1 Å². The maximum Gasteiger partial charge on any atom is 0.255 e. The Morgan fingerprint density at radius 3 is 2.10 bits per heavy atom. The Morgan fingerprint density at radius 1 is 1.10 bits per heavy atom. The van der Waals surface area contributed by atoms with Crippen LogP contribution in [0.4, 0.5) is 5.69 Å². The third-order valence-corrected chi connectivity index (χ3v) is 3.75. The second-order valence-corrected chi connectivity index (χ2v) is 5.51. The fraction of sp³-hybridized carbons (Fsp3) is 0.188. The molecule has 5 heteroatoms. The molecule has 0 atom stereocenters. The molecule has 0 bridgehead atoms. The number of carbonyl (C=O) groups excluding carboxylic acids is 1. The molecule has 3 nitrogen and oxygen atoms in total. The minimum atomic E-state index is -0.265. The van der Waals surface area contributed by atoms with Gasteiger partial charge < -0.3 is 10.1 Å². The molecule has 1 N–H and O–H groups in total. The fourth-order valence-electron chi connectivity index (χ4n) is 2.08. The quantitative estimate of drug-likeness (QED) is 0.874. The molecular weight excluding hydrogens is 309 g/mol. The third-order valence-electron chi connectivity index (χ3n) is 3.18. The van der Waals surface area contributed by atoms with Crippen LogP contribution in [0.15, 0.2) is 30.3 Å². The van der Waals surface area contributed by atoms with Crippen LogP contribution in [0.2, 0.25) is 10.0 Å². The van der Waals surface area contributed by atoms with E-state index in [2.05, 4.69) is 5.32 Å². The molecule has 0 aliphatic carbocycles. The van der Waals surface area contributed by atoms with Crippen molar-refractivity contribution in [1.29, 1.82) is 0 Å². The average Bonchev–Trinajstić information content (AvgIpc) is 2.42. The van der Waals surface area contributed by atoms with Crippen LogP contribution in [0.1, 0.15) is 21.5 Å². The Hall–Kier alpha value is -1.71. The molecule has 0 spiro atoms. The first kappa shape index (κ1) is 15.7. The first-order valence-electron chi connectivity index (χ1n) is 6.34. The molecule has 110 valence electrons. The van der Waals surface area contributed by atoms with Gasteiger partial charge in [-0.2, -0.15) is 0 Å². The summed E-state index contributed by atoms with van der Waals surface area (Å²) in [4.78, 5) is 12.4. The van der Waals surface area contributed by atoms with Gasteiger partial charge in [0, 0.05) is 11.3 Å². The number of nitrogens with one attached hydrogen (secondary N) is 1. The zero-order valence-electron chi connectivity index (χ0n) is 12.0.